The molecule has 2 aliphatic heterocycles. The van der Waals surface area contributed by atoms with Crippen LogP contribution in [0.2, 0.25) is 0 Å². The minimum absolute atomic E-state index is 0.0469. The van der Waals surface area contributed by atoms with Crippen molar-refractivity contribution in [2.75, 3.05) is 25.2 Å². The number of nitrogens with zero attached hydrogens (tertiary/aromatic N) is 2. The number of ether oxygens (including phenoxy) is 2. The molecule has 2 aromatic carbocycles. The summed E-state index contributed by atoms with van der Waals surface area (Å²) >= 11 is 0. The van der Waals surface area contributed by atoms with Crippen molar-refractivity contribution in [3.8, 4) is 11.5 Å². The van der Waals surface area contributed by atoms with Crippen LogP contribution in [0.25, 0.3) is 0 Å². The zero-order valence-electron chi connectivity index (χ0n) is 14.9. The SMILES string of the molecule is COc1ccc2c(c1)OCC21CN(C(=O)c2cccnc2)c2ccccc21. The van der Waals surface area contributed by atoms with Crippen molar-refractivity contribution >= 4 is 11.6 Å². The van der Waals surface area contributed by atoms with E-state index in [-0.39, 0.29) is 11.3 Å². The number of carbonyl (C=O) groups is 1. The van der Waals surface area contributed by atoms with Gasteiger partial charge in [0.25, 0.3) is 5.91 Å². The van der Waals surface area contributed by atoms with E-state index in [2.05, 4.69) is 17.1 Å². The summed E-state index contributed by atoms with van der Waals surface area (Å²) in [6, 6.07) is 17.6. The van der Waals surface area contributed by atoms with Crippen LogP contribution in [0.5, 0.6) is 11.5 Å². The van der Waals surface area contributed by atoms with E-state index in [4.69, 9.17) is 9.47 Å². The number of aromatic nitrogens is 1. The number of anilines is 1. The zero-order valence-corrected chi connectivity index (χ0v) is 14.9. The number of pyridine rings is 1. The molecule has 5 nitrogen and oxygen atoms in total. The summed E-state index contributed by atoms with van der Waals surface area (Å²) in [5, 5.41) is 0. The standard InChI is InChI=1S/C22H18N2O3/c1-26-16-8-9-18-20(11-16)27-14-22(18)13-24(19-7-3-2-6-17(19)22)21(25)15-5-4-10-23-12-15/h2-12H,13-14H2,1H3. The zero-order chi connectivity index (χ0) is 18.4. The predicted octanol–water partition coefficient (Wildman–Crippen LogP) is 3.43. The summed E-state index contributed by atoms with van der Waals surface area (Å²) in [4.78, 5) is 19.1. The van der Waals surface area contributed by atoms with Crippen molar-refractivity contribution in [2.24, 2.45) is 0 Å². The first kappa shape index (κ1) is 15.9. The average Bonchev–Trinajstić information content (AvgIpc) is 3.27. The van der Waals surface area contributed by atoms with Gasteiger partial charge in [-0.25, -0.2) is 0 Å². The fraction of sp³-hybridized carbons (Fsp3) is 0.182. The summed E-state index contributed by atoms with van der Waals surface area (Å²) in [5.74, 6) is 1.54. The Bertz CT molecular complexity index is 1030. The van der Waals surface area contributed by atoms with Crippen LogP contribution in [0.1, 0.15) is 21.5 Å². The fourth-order valence-electron chi connectivity index (χ4n) is 4.16. The van der Waals surface area contributed by atoms with E-state index >= 15 is 0 Å². The van der Waals surface area contributed by atoms with Gasteiger partial charge in [0.2, 0.25) is 0 Å². The Hall–Kier alpha value is -3.34. The van der Waals surface area contributed by atoms with E-state index < -0.39 is 0 Å². The number of amides is 1. The molecule has 0 fully saturated rings. The minimum atomic E-state index is -0.365. The number of carbonyl (C=O) groups excluding carboxylic acids is 1. The number of methoxy groups -OCH3 is 1. The van der Waals surface area contributed by atoms with E-state index in [1.807, 2.05) is 35.2 Å². The molecule has 3 heterocycles. The summed E-state index contributed by atoms with van der Waals surface area (Å²) in [6.07, 6.45) is 3.28. The second kappa shape index (κ2) is 5.84. The van der Waals surface area contributed by atoms with Gasteiger partial charge in [0.1, 0.15) is 18.1 Å². The molecule has 0 N–H and O–H groups in total. The number of benzene rings is 2. The minimum Gasteiger partial charge on any atom is -0.497 e. The monoisotopic (exact) mass is 358 g/mol. The number of hydrogen-bond donors (Lipinski definition) is 0. The molecule has 2 aliphatic rings. The van der Waals surface area contributed by atoms with Crippen molar-refractivity contribution in [2.45, 2.75) is 5.41 Å². The smallest absolute Gasteiger partial charge is 0.259 e. The molecule has 1 unspecified atom stereocenters. The number of para-hydroxylation sites is 1. The van der Waals surface area contributed by atoms with Crippen LogP contribution < -0.4 is 14.4 Å². The van der Waals surface area contributed by atoms with E-state index in [0.717, 1.165) is 28.3 Å². The largest absolute Gasteiger partial charge is 0.497 e. The summed E-state index contributed by atoms with van der Waals surface area (Å²) in [7, 11) is 1.64. The van der Waals surface area contributed by atoms with E-state index in [0.29, 0.717) is 18.7 Å². The lowest BCUT2D eigenvalue weighted by molar-refractivity contribution is 0.0985. The van der Waals surface area contributed by atoms with Gasteiger partial charge in [-0.05, 0) is 29.8 Å². The molecule has 0 saturated heterocycles. The highest BCUT2D eigenvalue weighted by Crippen LogP contribution is 2.52. The van der Waals surface area contributed by atoms with Gasteiger partial charge in [0.05, 0.1) is 18.1 Å². The third-order valence-corrected chi connectivity index (χ3v) is 5.47. The first-order chi connectivity index (χ1) is 13.2. The normalized spacial score (nSPS) is 19.5. The first-order valence-corrected chi connectivity index (χ1v) is 8.86. The van der Waals surface area contributed by atoms with E-state index in [1.54, 1.807) is 31.6 Å². The van der Waals surface area contributed by atoms with Crippen LogP contribution in [0.4, 0.5) is 5.69 Å². The molecule has 27 heavy (non-hydrogen) atoms. The average molecular weight is 358 g/mol. The van der Waals surface area contributed by atoms with Crippen LogP contribution in [-0.2, 0) is 5.41 Å². The van der Waals surface area contributed by atoms with Gasteiger partial charge in [-0.15, -0.1) is 0 Å². The van der Waals surface area contributed by atoms with Crippen molar-refractivity contribution in [3.05, 3.63) is 83.7 Å². The molecule has 1 aromatic heterocycles. The highest BCUT2D eigenvalue weighted by Gasteiger charge is 2.51. The van der Waals surface area contributed by atoms with Gasteiger partial charge in [0.15, 0.2) is 0 Å². The van der Waals surface area contributed by atoms with Gasteiger partial charge >= 0.3 is 0 Å². The van der Waals surface area contributed by atoms with E-state index in [1.165, 1.54) is 0 Å². The number of rotatable bonds is 2. The molecular formula is C22H18N2O3. The molecule has 3 aromatic rings. The van der Waals surface area contributed by atoms with Crippen LogP contribution in [0.15, 0.2) is 67.0 Å². The molecule has 5 rings (SSSR count). The van der Waals surface area contributed by atoms with E-state index in [9.17, 15) is 4.79 Å². The Morgan fingerprint density at radius 3 is 2.85 bits per heavy atom. The number of hydrogen-bond acceptors (Lipinski definition) is 4. The highest BCUT2D eigenvalue weighted by molar-refractivity contribution is 6.08. The maximum Gasteiger partial charge on any atom is 0.259 e. The Kier molecular flexibility index (Phi) is 3.44. The quantitative estimate of drug-likeness (QED) is 0.704. The highest BCUT2D eigenvalue weighted by atomic mass is 16.5. The maximum atomic E-state index is 13.2. The summed E-state index contributed by atoms with van der Waals surface area (Å²) < 4.78 is 11.4. The Labute approximate surface area is 157 Å². The third-order valence-electron chi connectivity index (χ3n) is 5.47. The molecule has 5 heteroatoms. The van der Waals surface area contributed by atoms with Gasteiger partial charge in [-0.1, -0.05) is 24.3 Å². The topological polar surface area (TPSA) is 51.7 Å². The van der Waals surface area contributed by atoms with Crippen LogP contribution in [0, 0.1) is 0 Å². The van der Waals surface area contributed by atoms with Gasteiger partial charge in [-0.3, -0.25) is 9.78 Å². The lowest BCUT2D eigenvalue weighted by atomic mass is 9.78. The Morgan fingerprint density at radius 2 is 2.04 bits per heavy atom. The van der Waals surface area contributed by atoms with Crippen molar-refractivity contribution in [1.82, 2.24) is 4.98 Å². The number of fused-ring (bicyclic) bond motifs is 4. The van der Waals surface area contributed by atoms with Crippen molar-refractivity contribution < 1.29 is 14.3 Å². The predicted molar refractivity (Wildman–Crippen MR) is 102 cm³/mol. The molecule has 1 spiro atoms. The van der Waals surface area contributed by atoms with Crippen LogP contribution in [0.3, 0.4) is 0 Å². The molecule has 0 saturated carbocycles. The molecule has 1 atom stereocenters. The van der Waals surface area contributed by atoms with Gasteiger partial charge in [0, 0.05) is 36.3 Å². The third kappa shape index (κ3) is 2.24. The second-order valence-electron chi connectivity index (χ2n) is 6.88. The molecule has 0 bridgehead atoms. The molecule has 0 radical (unpaired) electrons. The summed E-state index contributed by atoms with van der Waals surface area (Å²) in [5.41, 5.74) is 3.36. The first-order valence-electron chi connectivity index (χ1n) is 8.86. The maximum absolute atomic E-state index is 13.2. The van der Waals surface area contributed by atoms with Gasteiger partial charge < -0.3 is 14.4 Å². The second-order valence-corrected chi connectivity index (χ2v) is 6.88. The van der Waals surface area contributed by atoms with Crippen LogP contribution in [-0.4, -0.2) is 31.2 Å². The lowest BCUT2D eigenvalue weighted by Crippen LogP contribution is -2.39. The lowest BCUT2D eigenvalue weighted by Gasteiger charge is -2.24. The fourth-order valence-corrected chi connectivity index (χ4v) is 4.16. The summed E-state index contributed by atoms with van der Waals surface area (Å²) in [6.45, 7) is 1.04. The molecule has 134 valence electrons. The van der Waals surface area contributed by atoms with Crippen LogP contribution >= 0.6 is 0 Å². The van der Waals surface area contributed by atoms with Crippen molar-refractivity contribution in [1.29, 1.82) is 0 Å². The van der Waals surface area contributed by atoms with Gasteiger partial charge in [-0.2, -0.15) is 0 Å². The van der Waals surface area contributed by atoms with Crippen molar-refractivity contribution in [3.63, 3.8) is 0 Å². The Morgan fingerprint density at radius 1 is 1.15 bits per heavy atom. The molecule has 0 aliphatic carbocycles. The Balaban J connectivity index is 1.63. The molecule has 1 amide bonds. The molecular weight excluding hydrogens is 340 g/mol.